The van der Waals surface area contributed by atoms with E-state index in [2.05, 4.69) is 0 Å². The molecule has 38 heavy (non-hydrogen) atoms. The fourth-order valence-electron chi connectivity index (χ4n) is 9.32. The van der Waals surface area contributed by atoms with Gasteiger partial charge in [-0.2, -0.15) is 0 Å². The third-order valence-corrected chi connectivity index (χ3v) is 32.5. The van der Waals surface area contributed by atoms with E-state index in [1.807, 2.05) is 0 Å². The molecule has 0 radical (unpaired) electrons. The van der Waals surface area contributed by atoms with Gasteiger partial charge in [0.25, 0.3) is 0 Å². The lowest BCUT2D eigenvalue weighted by atomic mass is 10.0. The normalized spacial score (nSPS) is 42.5. The maximum atomic E-state index is 15.5. The topological polar surface area (TPSA) is 68.3 Å². The van der Waals surface area contributed by atoms with Crippen LogP contribution in [-0.4, -0.2) is 52.7 Å². The Morgan fingerprint density at radius 3 is 0.816 bits per heavy atom. The van der Waals surface area contributed by atoms with Gasteiger partial charge in [0.05, 0.1) is 32.0 Å². The van der Waals surface area contributed by atoms with Crippen molar-refractivity contribution in [2.45, 2.75) is 157 Å². The van der Waals surface area contributed by atoms with Gasteiger partial charge in [-0.05, 0) is 57.8 Å². The Morgan fingerprint density at radius 1 is 0.289 bits per heavy atom. The summed E-state index contributed by atoms with van der Waals surface area (Å²) in [5.74, 6) is 1.13. The second-order valence-electron chi connectivity index (χ2n) is 14.2. The average Bonchev–Trinajstić information content (AvgIpc) is 2.94. The Balaban J connectivity index is 1.56. The number of rotatable bonds is 4. The standard InChI is InChI=1S/C30H56O4P4/c31-35(27-14-5-1-6-15-27)22-13-23-36(32,28-16-7-2-8-17-28)25-38(34,30-20-11-4-12-21-30)26-37(33,24-35)29-18-9-3-10-19-29/h27-30H,1-26H2. The van der Waals surface area contributed by atoms with Crippen molar-refractivity contribution in [3.8, 4) is 0 Å². The van der Waals surface area contributed by atoms with Crippen LogP contribution in [0.4, 0.5) is 0 Å². The molecule has 4 nitrogen and oxygen atoms in total. The molecule has 5 fully saturated rings. The van der Waals surface area contributed by atoms with Crippen molar-refractivity contribution >= 4 is 28.6 Å². The first-order valence-corrected chi connectivity index (χ1v) is 25.1. The van der Waals surface area contributed by atoms with Crippen molar-refractivity contribution in [2.24, 2.45) is 0 Å². The van der Waals surface area contributed by atoms with E-state index in [0.29, 0.717) is 30.0 Å². The van der Waals surface area contributed by atoms with Crippen LogP contribution in [-0.2, 0) is 18.3 Å². The maximum absolute atomic E-state index is 15.5. The lowest BCUT2D eigenvalue weighted by Crippen LogP contribution is -2.27. The van der Waals surface area contributed by atoms with Crippen LogP contribution < -0.4 is 0 Å². The van der Waals surface area contributed by atoms with Crippen LogP contribution in [0.25, 0.3) is 0 Å². The highest BCUT2D eigenvalue weighted by Gasteiger charge is 2.52. The Hall–Kier alpha value is 0.920. The van der Waals surface area contributed by atoms with Crippen molar-refractivity contribution in [1.29, 1.82) is 0 Å². The first kappa shape index (κ1) is 30.4. The molecule has 4 saturated carbocycles. The summed E-state index contributed by atoms with van der Waals surface area (Å²) in [4.78, 5) is 0. The third-order valence-electron chi connectivity index (χ3n) is 11.5. The smallest absolute Gasteiger partial charge is 0.105 e. The van der Waals surface area contributed by atoms with Gasteiger partial charge in [-0.3, -0.25) is 0 Å². The van der Waals surface area contributed by atoms with Gasteiger partial charge in [0.15, 0.2) is 0 Å². The van der Waals surface area contributed by atoms with Crippen molar-refractivity contribution in [3.05, 3.63) is 0 Å². The summed E-state index contributed by atoms with van der Waals surface area (Å²) in [7, 11) is -11.2. The van der Waals surface area contributed by atoms with Crippen molar-refractivity contribution in [1.82, 2.24) is 0 Å². The molecule has 0 amide bonds. The molecule has 4 aliphatic carbocycles. The first-order valence-electron chi connectivity index (χ1n) is 16.6. The molecule has 0 bridgehead atoms. The van der Waals surface area contributed by atoms with E-state index in [1.165, 1.54) is 25.7 Å². The minimum Gasteiger partial charge on any atom is -0.323 e. The highest BCUT2D eigenvalue weighted by molar-refractivity contribution is 7.91. The van der Waals surface area contributed by atoms with Gasteiger partial charge in [-0.25, -0.2) is 0 Å². The van der Waals surface area contributed by atoms with Gasteiger partial charge in [-0.1, -0.05) is 77.0 Å². The van der Waals surface area contributed by atoms with Crippen molar-refractivity contribution in [2.75, 3.05) is 30.0 Å². The summed E-state index contributed by atoms with van der Waals surface area (Å²) in [6.07, 6.45) is 23.8. The predicted molar refractivity (Wildman–Crippen MR) is 167 cm³/mol. The van der Waals surface area contributed by atoms with E-state index in [4.69, 9.17) is 0 Å². The molecule has 4 unspecified atom stereocenters. The predicted octanol–water partition coefficient (Wildman–Crippen LogP) is 11.0. The van der Waals surface area contributed by atoms with Crippen LogP contribution in [0.2, 0.25) is 0 Å². The summed E-state index contributed by atoms with van der Waals surface area (Å²) in [6, 6.07) is 0. The number of hydrogen-bond acceptors (Lipinski definition) is 4. The van der Waals surface area contributed by atoms with E-state index in [-0.39, 0.29) is 22.6 Å². The van der Waals surface area contributed by atoms with E-state index >= 15 is 18.3 Å². The van der Waals surface area contributed by atoms with Crippen LogP contribution in [0.15, 0.2) is 0 Å². The molecule has 4 atom stereocenters. The van der Waals surface area contributed by atoms with Crippen LogP contribution in [0.1, 0.15) is 135 Å². The average molecular weight is 605 g/mol. The zero-order chi connectivity index (χ0) is 26.7. The molecule has 1 heterocycles. The summed E-state index contributed by atoms with van der Waals surface area (Å²) in [5, 5.41) is 0. The van der Waals surface area contributed by atoms with Crippen LogP contribution in [0.3, 0.4) is 0 Å². The van der Waals surface area contributed by atoms with Gasteiger partial charge in [0.1, 0.15) is 14.3 Å². The summed E-state index contributed by atoms with van der Waals surface area (Å²) < 4.78 is 61.2. The Bertz CT molecular complexity index is 893. The van der Waals surface area contributed by atoms with E-state index in [0.717, 1.165) is 109 Å². The second-order valence-corrected chi connectivity index (χ2v) is 29.0. The molecule has 8 heteroatoms. The van der Waals surface area contributed by atoms with Crippen molar-refractivity contribution < 1.29 is 18.3 Å². The monoisotopic (exact) mass is 604 g/mol. The lowest BCUT2D eigenvalue weighted by molar-refractivity contribution is 0.472. The molecular formula is C30H56O4P4. The maximum Gasteiger partial charge on any atom is 0.105 e. The van der Waals surface area contributed by atoms with Crippen LogP contribution in [0.5, 0.6) is 0 Å². The van der Waals surface area contributed by atoms with Gasteiger partial charge in [0, 0.05) is 35.0 Å². The molecule has 5 rings (SSSR count). The minimum absolute atomic E-state index is 0.110. The lowest BCUT2D eigenvalue weighted by Gasteiger charge is -2.43. The fraction of sp³-hybridized carbons (Fsp3) is 1.00. The molecule has 1 aliphatic heterocycles. The number of hydrogen-bond donors (Lipinski definition) is 0. The third kappa shape index (κ3) is 6.93. The molecule has 0 N–H and O–H groups in total. The highest BCUT2D eigenvalue weighted by atomic mass is 31.3. The summed E-state index contributed by atoms with van der Waals surface area (Å²) >= 11 is 0. The zero-order valence-corrected chi connectivity index (χ0v) is 27.7. The van der Waals surface area contributed by atoms with Crippen LogP contribution in [0, 0.1) is 0 Å². The Kier molecular flexibility index (Phi) is 10.4. The summed E-state index contributed by atoms with van der Waals surface area (Å²) in [5.41, 5.74) is 0.628. The molecule has 0 aromatic rings. The zero-order valence-electron chi connectivity index (χ0n) is 24.1. The molecule has 0 aromatic heterocycles. The molecule has 0 spiro atoms. The SMILES string of the molecule is O=P1(C2CCCCC2)CCCP(=O)(C2CCCCC2)CP(=O)(C2CCCCC2)CP(=O)(C2CCCCC2)C1. The molecular weight excluding hydrogens is 548 g/mol. The Labute approximate surface area is 233 Å². The highest BCUT2D eigenvalue weighted by Crippen LogP contribution is 2.80. The van der Waals surface area contributed by atoms with Gasteiger partial charge < -0.3 is 18.3 Å². The quantitative estimate of drug-likeness (QED) is 0.299. The molecule has 220 valence electrons. The molecule has 1 saturated heterocycles. The fourth-order valence-corrected chi connectivity index (χ4v) is 35.6. The van der Waals surface area contributed by atoms with E-state index in [1.54, 1.807) is 0 Å². The molecule has 5 aliphatic rings. The second kappa shape index (κ2) is 13.1. The van der Waals surface area contributed by atoms with Crippen molar-refractivity contribution in [3.63, 3.8) is 0 Å². The van der Waals surface area contributed by atoms with E-state index < -0.39 is 28.6 Å². The van der Waals surface area contributed by atoms with Gasteiger partial charge in [0.2, 0.25) is 0 Å². The first-order chi connectivity index (χ1) is 18.2. The minimum atomic E-state index is -2.93. The van der Waals surface area contributed by atoms with Crippen LogP contribution >= 0.6 is 28.6 Å². The Morgan fingerprint density at radius 2 is 0.526 bits per heavy atom. The van der Waals surface area contributed by atoms with Gasteiger partial charge in [-0.15, -0.1) is 0 Å². The summed E-state index contributed by atoms with van der Waals surface area (Å²) in [6.45, 7) is 0. The van der Waals surface area contributed by atoms with Gasteiger partial charge >= 0.3 is 0 Å². The largest absolute Gasteiger partial charge is 0.323 e. The molecule has 0 aromatic carbocycles. The van der Waals surface area contributed by atoms with E-state index in [9.17, 15) is 0 Å².